The lowest BCUT2D eigenvalue weighted by molar-refractivity contribution is -0.118. The number of piperidine rings is 1. The average Bonchev–Trinajstić information content (AvgIpc) is 2.94. The Morgan fingerprint density at radius 3 is 2.96 bits per heavy atom. The monoisotopic (exact) mass is 341 g/mol. The van der Waals surface area contributed by atoms with Gasteiger partial charge in [0.2, 0.25) is 5.91 Å². The maximum Gasteiger partial charge on any atom is 0.238 e. The molecule has 0 radical (unpaired) electrons. The predicted molar refractivity (Wildman–Crippen MR) is 98.3 cm³/mol. The number of carbonyl (C=O) groups excluding carboxylic acids is 1. The number of likely N-dealkylation sites (tertiary alicyclic amines) is 1. The van der Waals surface area contributed by atoms with Gasteiger partial charge in [-0.1, -0.05) is 12.5 Å². The Morgan fingerprint density at radius 2 is 2.24 bits per heavy atom. The number of hydrogen-bond donors (Lipinski definition) is 1. The third-order valence-corrected chi connectivity index (χ3v) is 5.06. The van der Waals surface area contributed by atoms with Crippen molar-refractivity contribution < 1.29 is 4.79 Å². The average molecular weight is 341 g/mol. The van der Waals surface area contributed by atoms with Crippen LogP contribution in [0, 0.1) is 6.92 Å². The van der Waals surface area contributed by atoms with Crippen LogP contribution < -0.4 is 5.32 Å². The molecule has 1 fully saturated rings. The quantitative estimate of drug-likeness (QED) is 0.877. The Balaban J connectivity index is 1.55. The van der Waals surface area contributed by atoms with Crippen LogP contribution >= 0.6 is 0 Å². The molecule has 6 heteroatoms. The number of aromatic nitrogens is 3. The van der Waals surface area contributed by atoms with E-state index in [-0.39, 0.29) is 5.91 Å². The Hall–Kier alpha value is -2.21. The molecule has 134 valence electrons. The van der Waals surface area contributed by atoms with E-state index in [0.717, 1.165) is 42.9 Å². The molecular formula is C19H27N5O. The predicted octanol–water partition coefficient (Wildman–Crippen LogP) is 2.55. The summed E-state index contributed by atoms with van der Waals surface area (Å²) < 4.78 is 1.77. The zero-order valence-electron chi connectivity index (χ0n) is 15.1. The van der Waals surface area contributed by atoms with Crippen molar-refractivity contribution >= 4 is 11.6 Å². The SMILES string of the molecule is Cc1c(NC(=O)CN2CCCCC2CCc2ccccn2)cnn1C. The van der Waals surface area contributed by atoms with Gasteiger partial charge in [0.1, 0.15) is 0 Å². The first-order valence-corrected chi connectivity index (χ1v) is 9.06. The van der Waals surface area contributed by atoms with Crippen LogP contribution in [0.1, 0.15) is 37.1 Å². The van der Waals surface area contributed by atoms with Crippen molar-refractivity contribution in [1.29, 1.82) is 0 Å². The second-order valence-electron chi connectivity index (χ2n) is 6.80. The van der Waals surface area contributed by atoms with E-state index in [4.69, 9.17) is 0 Å². The number of rotatable bonds is 6. The van der Waals surface area contributed by atoms with Gasteiger partial charge >= 0.3 is 0 Å². The van der Waals surface area contributed by atoms with Crippen LogP contribution in [0.4, 0.5) is 5.69 Å². The topological polar surface area (TPSA) is 63.1 Å². The molecule has 1 saturated heterocycles. The van der Waals surface area contributed by atoms with E-state index < -0.39 is 0 Å². The molecule has 3 heterocycles. The molecule has 1 aliphatic rings. The zero-order valence-corrected chi connectivity index (χ0v) is 15.1. The largest absolute Gasteiger partial charge is 0.322 e. The highest BCUT2D eigenvalue weighted by atomic mass is 16.2. The molecule has 3 rings (SSSR count). The van der Waals surface area contributed by atoms with Crippen LogP contribution in [0.5, 0.6) is 0 Å². The summed E-state index contributed by atoms with van der Waals surface area (Å²) in [6.07, 6.45) is 9.14. The molecule has 0 spiro atoms. The normalized spacial score (nSPS) is 18.2. The van der Waals surface area contributed by atoms with Gasteiger partial charge in [0, 0.05) is 25.0 Å². The van der Waals surface area contributed by atoms with E-state index in [0.29, 0.717) is 12.6 Å². The minimum absolute atomic E-state index is 0.0424. The number of aryl methyl sites for hydroxylation is 2. The fourth-order valence-electron chi connectivity index (χ4n) is 3.45. The maximum absolute atomic E-state index is 12.5. The van der Waals surface area contributed by atoms with E-state index >= 15 is 0 Å². The van der Waals surface area contributed by atoms with Crippen molar-refractivity contribution in [2.45, 2.75) is 45.1 Å². The Kier molecular flexibility index (Phi) is 5.81. The highest BCUT2D eigenvalue weighted by Crippen LogP contribution is 2.21. The van der Waals surface area contributed by atoms with Gasteiger partial charge in [-0.05, 0) is 51.3 Å². The fourth-order valence-corrected chi connectivity index (χ4v) is 3.45. The van der Waals surface area contributed by atoms with Gasteiger partial charge in [-0.25, -0.2) is 0 Å². The molecule has 0 aliphatic carbocycles. The van der Waals surface area contributed by atoms with Crippen molar-refractivity contribution in [1.82, 2.24) is 19.7 Å². The number of hydrogen-bond acceptors (Lipinski definition) is 4. The molecule has 25 heavy (non-hydrogen) atoms. The van der Waals surface area contributed by atoms with Crippen molar-refractivity contribution in [2.75, 3.05) is 18.4 Å². The summed E-state index contributed by atoms with van der Waals surface area (Å²) in [5.74, 6) is 0.0424. The molecule has 1 atom stereocenters. The van der Waals surface area contributed by atoms with Crippen LogP contribution in [-0.2, 0) is 18.3 Å². The van der Waals surface area contributed by atoms with E-state index in [1.54, 1.807) is 10.9 Å². The first kappa shape index (κ1) is 17.6. The summed E-state index contributed by atoms with van der Waals surface area (Å²) in [4.78, 5) is 19.2. The molecule has 1 amide bonds. The second kappa shape index (κ2) is 8.25. The third-order valence-electron chi connectivity index (χ3n) is 5.06. The van der Waals surface area contributed by atoms with Crippen molar-refractivity contribution in [3.63, 3.8) is 0 Å². The number of anilines is 1. The van der Waals surface area contributed by atoms with Crippen LogP contribution in [0.15, 0.2) is 30.6 Å². The molecule has 0 bridgehead atoms. The minimum atomic E-state index is 0.0424. The molecule has 2 aromatic heterocycles. The van der Waals surface area contributed by atoms with Gasteiger partial charge in [-0.15, -0.1) is 0 Å². The van der Waals surface area contributed by atoms with E-state index in [1.807, 2.05) is 32.3 Å². The van der Waals surface area contributed by atoms with Gasteiger partial charge in [0.15, 0.2) is 0 Å². The van der Waals surface area contributed by atoms with Crippen LogP contribution in [0.2, 0.25) is 0 Å². The molecular weight excluding hydrogens is 314 g/mol. The van der Waals surface area contributed by atoms with Crippen LogP contribution in [0.25, 0.3) is 0 Å². The third kappa shape index (κ3) is 4.66. The summed E-state index contributed by atoms with van der Waals surface area (Å²) in [6, 6.07) is 6.51. The number of nitrogens with one attached hydrogen (secondary N) is 1. The maximum atomic E-state index is 12.5. The number of amides is 1. The summed E-state index contributed by atoms with van der Waals surface area (Å²) in [5, 5.41) is 7.17. The number of pyridine rings is 1. The van der Waals surface area contributed by atoms with E-state index in [9.17, 15) is 4.79 Å². The van der Waals surface area contributed by atoms with Crippen molar-refractivity contribution in [3.05, 3.63) is 42.0 Å². The van der Waals surface area contributed by atoms with Gasteiger partial charge in [-0.3, -0.25) is 19.4 Å². The summed E-state index contributed by atoms with van der Waals surface area (Å²) in [6.45, 7) is 3.40. The highest BCUT2D eigenvalue weighted by Gasteiger charge is 2.24. The van der Waals surface area contributed by atoms with Crippen molar-refractivity contribution in [3.8, 4) is 0 Å². The van der Waals surface area contributed by atoms with Crippen molar-refractivity contribution in [2.24, 2.45) is 7.05 Å². The van der Waals surface area contributed by atoms with Gasteiger partial charge in [0.05, 0.1) is 24.1 Å². The Labute approximate surface area is 149 Å². The van der Waals surface area contributed by atoms with Gasteiger partial charge in [0.25, 0.3) is 0 Å². The molecule has 1 N–H and O–H groups in total. The van der Waals surface area contributed by atoms with E-state index in [2.05, 4.69) is 26.4 Å². The Morgan fingerprint density at radius 1 is 1.36 bits per heavy atom. The standard InChI is InChI=1S/C19H27N5O/c1-15-18(13-21-23(15)2)22-19(25)14-24-12-6-4-8-17(24)10-9-16-7-3-5-11-20-16/h3,5,7,11,13,17H,4,6,8-10,12,14H2,1-2H3,(H,22,25). The summed E-state index contributed by atoms with van der Waals surface area (Å²) in [7, 11) is 1.88. The Bertz CT molecular complexity index is 697. The molecule has 0 saturated carbocycles. The van der Waals surface area contributed by atoms with Crippen LogP contribution in [0.3, 0.4) is 0 Å². The second-order valence-corrected chi connectivity index (χ2v) is 6.80. The number of carbonyl (C=O) groups is 1. The molecule has 1 aliphatic heterocycles. The van der Waals surface area contributed by atoms with Gasteiger partial charge in [-0.2, -0.15) is 5.10 Å². The smallest absolute Gasteiger partial charge is 0.238 e. The minimum Gasteiger partial charge on any atom is -0.322 e. The molecule has 2 aromatic rings. The zero-order chi connectivity index (χ0) is 17.6. The molecule has 0 aromatic carbocycles. The first-order chi connectivity index (χ1) is 12.1. The molecule has 6 nitrogen and oxygen atoms in total. The van der Waals surface area contributed by atoms with Gasteiger partial charge < -0.3 is 5.32 Å². The summed E-state index contributed by atoms with van der Waals surface area (Å²) >= 11 is 0. The lowest BCUT2D eigenvalue weighted by Gasteiger charge is -2.35. The molecule has 1 unspecified atom stereocenters. The van der Waals surface area contributed by atoms with Crippen LogP contribution in [-0.4, -0.2) is 44.7 Å². The number of nitrogens with zero attached hydrogens (tertiary/aromatic N) is 4. The van der Waals surface area contributed by atoms with E-state index in [1.165, 1.54) is 12.8 Å². The lowest BCUT2D eigenvalue weighted by Crippen LogP contribution is -2.44. The fraction of sp³-hybridized carbons (Fsp3) is 0.526. The highest BCUT2D eigenvalue weighted by molar-refractivity contribution is 5.92. The first-order valence-electron chi connectivity index (χ1n) is 9.06. The lowest BCUT2D eigenvalue weighted by atomic mass is 9.97. The summed E-state index contributed by atoms with van der Waals surface area (Å²) in [5.41, 5.74) is 2.90.